The minimum Gasteiger partial charge on any atom is -0.351 e. The molecule has 1 heterocycles. The number of nitrogens with one attached hydrogen (secondary N) is 1. The normalized spacial score (nSPS) is 27.4. The van der Waals surface area contributed by atoms with Crippen molar-refractivity contribution >= 4 is 17.7 Å². The highest BCUT2D eigenvalue weighted by Crippen LogP contribution is 2.60. The highest BCUT2D eigenvalue weighted by molar-refractivity contribution is 6.07. The second-order valence-electron chi connectivity index (χ2n) is 8.40. The summed E-state index contributed by atoms with van der Waals surface area (Å²) in [6.07, 6.45) is 3.27. The van der Waals surface area contributed by atoms with Crippen LogP contribution in [0.3, 0.4) is 0 Å². The number of carbonyl (C=O) groups is 3. The van der Waals surface area contributed by atoms with Crippen molar-refractivity contribution in [2.75, 3.05) is 6.54 Å². The van der Waals surface area contributed by atoms with E-state index in [9.17, 15) is 14.4 Å². The molecule has 27 heavy (non-hydrogen) atoms. The molecule has 144 valence electrons. The number of hydrogen-bond acceptors (Lipinski definition) is 3. The Morgan fingerprint density at radius 1 is 1.30 bits per heavy atom. The van der Waals surface area contributed by atoms with E-state index in [2.05, 4.69) is 11.9 Å². The number of rotatable bonds is 6. The van der Waals surface area contributed by atoms with Crippen LogP contribution in [-0.2, 0) is 20.8 Å². The number of likely N-dealkylation sites (tertiary alicyclic amines) is 1. The summed E-state index contributed by atoms with van der Waals surface area (Å²) in [5.41, 5.74) is -0.106. The van der Waals surface area contributed by atoms with Crippen LogP contribution in [0.15, 0.2) is 43.0 Å². The van der Waals surface area contributed by atoms with Gasteiger partial charge in [-0.25, -0.2) is 0 Å². The molecule has 1 aliphatic heterocycles. The smallest absolute Gasteiger partial charge is 0.243 e. The molecule has 3 rings (SSSR count). The van der Waals surface area contributed by atoms with Crippen molar-refractivity contribution < 1.29 is 14.4 Å². The number of amides is 3. The van der Waals surface area contributed by atoms with Crippen LogP contribution in [0.25, 0.3) is 0 Å². The first-order chi connectivity index (χ1) is 12.7. The minimum absolute atomic E-state index is 0.213. The van der Waals surface area contributed by atoms with E-state index in [4.69, 9.17) is 0 Å². The lowest BCUT2D eigenvalue weighted by molar-refractivity contribution is -0.173. The fourth-order valence-corrected chi connectivity index (χ4v) is 4.57. The minimum atomic E-state index is -0.844. The average molecular weight is 368 g/mol. The maximum atomic E-state index is 13.4. The van der Waals surface area contributed by atoms with E-state index in [1.807, 2.05) is 51.1 Å². The van der Waals surface area contributed by atoms with Crippen LogP contribution in [0.5, 0.6) is 0 Å². The van der Waals surface area contributed by atoms with Gasteiger partial charge in [0.05, 0.1) is 5.41 Å². The van der Waals surface area contributed by atoms with Crippen molar-refractivity contribution in [3.8, 4) is 0 Å². The second-order valence-corrected chi connectivity index (χ2v) is 8.40. The first-order valence-electron chi connectivity index (χ1n) is 9.54. The molecule has 3 unspecified atom stereocenters. The van der Waals surface area contributed by atoms with Gasteiger partial charge in [-0.2, -0.15) is 0 Å². The summed E-state index contributed by atoms with van der Waals surface area (Å²) in [6, 6.07) is 8.66. The summed E-state index contributed by atoms with van der Waals surface area (Å²) in [5.74, 6) is -0.982. The van der Waals surface area contributed by atoms with Gasteiger partial charge < -0.3 is 5.32 Å². The predicted octanol–water partition coefficient (Wildman–Crippen LogP) is 2.71. The molecule has 3 atom stereocenters. The molecule has 1 aliphatic carbocycles. The summed E-state index contributed by atoms with van der Waals surface area (Å²) >= 11 is 0. The van der Waals surface area contributed by atoms with E-state index in [1.54, 1.807) is 6.08 Å². The Balaban J connectivity index is 1.98. The van der Waals surface area contributed by atoms with Gasteiger partial charge in [-0.15, -0.1) is 6.58 Å². The number of hydrogen-bond donors (Lipinski definition) is 1. The SMILES string of the molecule is C=CCNC(=O)C(Cc1ccccc1)N1C(=O)C2CCC(C)(C1=O)C2(C)C. The molecule has 2 aliphatic rings. The lowest BCUT2D eigenvalue weighted by Gasteiger charge is -2.49. The molecule has 5 nitrogen and oxygen atoms in total. The summed E-state index contributed by atoms with van der Waals surface area (Å²) in [5, 5.41) is 2.77. The molecule has 1 aromatic rings. The summed E-state index contributed by atoms with van der Waals surface area (Å²) in [6.45, 7) is 9.86. The van der Waals surface area contributed by atoms with E-state index >= 15 is 0 Å². The largest absolute Gasteiger partial charge is 0.351 e. The van der Waals surface area contributed by atoms with Crippen LogP contribution in [0.2, 0.25) is 0 Å². The lowest BCUT2D eigenvalue weighted by Crippen LogP contribution is -2.64. The van der Waals surface area contributed by atoms with Crippen molar-refractivity contribution in [3.05, 3.63) is 48.6 Å². The van der Waals surface area contributed by atoms with Crippen LogP contribution in [0.1, 0.15) is 39.2 Å². The monoisotopic (exact) mass is 368 g/mol. The van der Waals surface area contributed by atoms with Gasteiger partial charge in [0.25, 0.3) is 0 Å². The van der Waals surface area contributed by atoms with Gasteiger partial charge in [-0.1, -0.05) is 57.2 Å². The Bertz CT molecular complexity index is 771. The molecule has 5 heteroatoms. The summed E-state index contributed by atoms with van der Waals surface area (Å²) in [7, 11) is 0. The average Bonchev–Trinajstić information content (AvgIpc) is 2.83. The number of carbonyl (C=O) groups excluding carboxylic acids is 3. The number of nitrogens with zero attached hydrogens (tertiary/aromatic N) is 1. The summed E-state index contributed by atoms with van der Waals surface area (Å²) < 4.78 is 0. The zero-order valence-electron chi connectivity index (χ0n) is 16.3. The van der Waals surface area contributed by atoms with Crippen LogP contribution in [-0.4, -0.2) is 35.2 Å². The first kappa shape index (κ1) is 19.3. The number of benzene rings is 1. The molecule has 0 radical (unpaired) electrons. The predicted molar refractivity (Wildman–Crippen MR) is 104 cm³/mol. The van der Waals surface area contributed by atoms with Gasteiger partial charge in [0.1, 0.15) is 6.04 Å². The molecule has 1 saturated heterocycles. The summed E-state index contributed by atoms with van der Waals surface area (Å²) in [4.78, 5) is 40.9. The highest BCUT2D eigenvalue weighted by atomic mass is 16.2. The third-order valence-electron chi connectivity index (χ3n) is 6.76. The fourth-order valence-electron chi connectivity index (χ4n) is 4.57. The zero-order valence-corrected chi connectivity index (χ0v) is 16.3. The third kappa shape index (κ3) is 2.99. The highest BCUT2D eigenvalue weighted by Gasteiger charge is 2.65. The second kappa shape index (κ2) is 6.95. The van der Waals surface area contributed by atoms with E-state index in [0.29, 0.717) is 25.8 Å². The standard InChI is InChI=1S/C22H28N2O3/c1-5-13-23-18(25)17(14-15-9-7-6-8-10-15)24-19(26)16-11-12-22(4,20(24)27)21(16,2)3/h5-10,16-17H,1,11-14H2,2-4H3,(H,23,25). The third-order valence-corrected chi connectivity index (χ3v) is 6.76. The van der Waals surface area contributed by atoms with Gasteiger partial charge in [-0.3, -0.25) is 19.3 Å². The maximum Gasteiger partial charge on any atom is 0.243 e. The molecule has 0 aromatic heterocycles. The lowest BCUT2D eigenvalue weighted by atomic mass is 9.62. The number of fused-ring (bicyclic) bond motifs is 2. The Hall–Kier alpha value is -2.43. The van der Waals surface area contributed by atoms with Gasteiger partial charge in [0.2, 0.25) is 17.7 Å². The molecular weight excluding hydrogens is 340 g/mol. The molecular formula is C22H28N2O3. The maximum absolute atomic E-state index is 13.4. The van der Waals surface area contributed by atoms with Gasteiger partial charge in [0, 0.05) is 18.9 Å². The van der Waals surface area contributed by atoms with Crippen molar-refractivity contribution in [3.63, 3.8) is 0 Å². The first-order valence-corrected chi connectivity index (χ1v) is 9.54. The van der Waals surface area contributed by atoms with Crippen LogP contribution < -0.4 is 5.32 Å². The van der Waals surface area contributed by atoms with Gasteiger partial charge >= 0.3 is 0 Å². The Morgan fingerprint density at radius 3 is 2.59 bits per heavy atom. The Labute approximate surface area is 160 Å². The topological polar surface area (TPSA) is 66.5 Å². The number of imide groups is 1. The van der Waals surface area contributed by atoms with Gasteiger partial charge in [-0.05, 0) is 23.8 Å². The molecule has 2 bridgehead atoms. The van der Waals surface area contributed by atoms with E-state index in [0.717, 1.165) is 5.56 Å². The fraction of sp³-hybridized carbons (Fsp3) is 0.500. The Kier molecular flexibility index (Phi) is 4.98. The van der Waals surface area contributed by atoms with Crippen molar-refractivity contribution in [1.82, 2.24) is 10.2 Å². The van der Waals surface area contributed by atoms with Crippen LogP contribution in [0.4, 0.5) is 0 Å². The molecule has 1 saturated carbocycles. The molecule has 3 amide bonds. The molecule has 0 spiro atoms. The van der Waals surface area contributed by atoms with Gasteiger partial charge in [0.15, 0.2) is 0 Å². The van der Waals surface area contributed by atoms with Crippen molar-refractivity contribution in [2.24, 2.45) is 16.7 Å². The van der Waals surface area contributed by atoms with E-state index in [-0.39, 0.29) is 23.6 Å². The van der Waals surface area contributed by atoms with E-state index in [1.165, 1.54) is 4.90 Å². The quantitative estimate of drug-likeness (QED) is 0.620. The van der Waals surface area contributed by atoms with Crippen LogP contribution in [0, 0.1) is 16.7 Å². The van der Waals surface area contributed by atoms with E-state index < -0.39 is 16.9 Å². The van der Waals surface area contributed by atoms with Crippen molar-refractivity contribution in [2.45, 2.75) is 46.1 Å². The molecule has 2 fully saturated rings. The van der Waals surface area contributed by atoms with Crippen LogP contribution >= 0.6 is 0 Å². The molecule has 1 N–H and O–H groups in total. The zero-order chi connectivity index (χ0) is 19.8. The molecule has 1 aromatic carbocycles. The Morgan fingerprint density at radius 2 is 1.96 bits per heavy atom. The number of piperidine rings is 1. The van der Waals surface area contributed by atoms with Crippen molar-refractivity contribution in [1.29, 1.82) is 0 Å².